The maximum Gasteiger partial charge on any atom is 0.293 e. The maximum absolute atomic E-state index is 12.8. The summed E-state index contributed by atoms with van der Waals surface area (Å²) in [7, 11) is 1.64. The van der Waals surface area contributed by atoms with Gasteiger partial charge in [-0.2, -0.15) is 0 Å². The SMILES string of the molecule is COc1ccc(-n2c(C)cc(/C=C3\SC(=O)N(CCOc4ccccc4)C3=O)c2C)cc1. The molecule has 0 radical (unpaired) electrons. The maximum atomic E-state index is 12.8. The number of ether oxygens (including phenoxy) is 2. The number of methoxy groups -OCH3 is 1. The van der Waals surface area contributed by atoms with Gasteiger partial charge in [-0.3, -0.25) is 14.5 Å². The molecule has 1 aromatic heterocycles. The van der Waals surface area contributed by atoms with Crippen LogP contribution in [0.1, 0.15) is 17.0 Å². The number of imide groups is 1. The van der Waals surface area contributed by atoms with Gasteiger partial charge in [0.1, 0.15) is 18.1 Å². The summed E-state index contributed by atoms with van der Waals surface area (Å²) in [4.78, 5) is 26.9. The zero-order valence-electron chi connectivity index (χ0n) is 18.2. The molecule has 32 heavy (non-hydrogen) atoms. The van der Waals surface area contributed by atoms with E-state index in [9.17, 15) is 9.59 Å². The summed E-state index contributed by atoms with van der Waals surface area (Å²) in [6.45, 7) is 4.48. The molecule has 4 rings (SSSR count). The van der Waals surface area contributed by atoms with Crippen LogP contribution in [0.25, 0.3) is 11.8 Å². The number of amides is 2. The van der Waals surface area contributed by atoms with Crippen LogP contribution in [0.4, 0.5) is 4.79 Å². The van der Waals surface area contributed by atoms with Crippen LogP contribution >= 0.6 is 11.8 Å². The lowest BCUT2D eigenvalue weighted by Crippen LogP contribution is -2.32. The molecule has 2 heterocycles. The minimum atomic E-state index is -0.286. The van der Waals surface area contributed by atoms with Gasteiger partial charge in [-0.1, -0.05) is 18.2 Å². The van der Waals surface area contributed by atoms with Crippen LogP contribution in [0.15, 0.2) is 65.6 Å². The van der Waals surface area contributed by atoms with Gasteiger partial charge in [0, 0.05) is 17.1 Å². The summed E-state index contributed by atoms with van der Waals surface area (Å²) in [6.07, 6.45) is 1.80. The second kappa shape index (κ2) is 9.36. The van der Waals surface area contributed by atoms with Crippen molar-refractivity contribution in [3.63, 3.8) is 0 Å². The lowest BCUT2D eigenvalue weighted by Gasteiger charge is -2.13. The zero-order valence-corrected chi connectivity index (χ0v) is 19.0. The van der Waals surface area contributed by atoms with E-state index < -0.39 is 0 Å². The van der Waals surface area contributed by atoms with E-state index in [1.807, 2.05) is 74.5 Å². The van der Waals surface area contributed by atoms with E-state index in [1.165, 1.54) is 4.90 Å². The fraction of sp³-hybridized carbons (Fsp3) is 0.200. The highest BCUT2D eigenvalue weighted by atomic mass is 32.2. The molecule has 164 valence electrons. The van der Waals surface area contributed by atoms with E-state index in [1.54, 1.807) is 13.2 Å². The minimum absolute atomic E-state index is 0.210. The number of hydrogen-bond acceptors (Lipinski definition) is 5. The molecular weight excluding hydrogens is 424 g/mol. The van der Waals surface area contributed by atoms with Crippen molar-refractivity contribution in [3.05, 3.63) is 82.5 Å². The Labute approximate surface area is 191 Å². The summed E-state index contributed by atoms with van der Waals surface area (Å²) in [5.41, 5.74) is 3.94. The Kier molecular flexibility index (Phi) is 6.37. The van der Waals surface area contributed by atoms with E-state index in [0.29, 0.717) is 10.7 Å². The number of aromatic nitrogens is 1. The summed E-state index contributed by atoms with van der Waals surface area (Å²) in [5, 5.41) is -0.276. The fourth-order valence-corrected chi connectivity index (χ4v) is 4.52. The molecular formula is C25H24N2O4S. The van der Waals surface area contributed by atoms with Crippen molar-refractivity contribution in [1.82, 2.24) is 9.47 Å². The van der Waals surface area contributed by atoms with Crippen LogP contribution in [-0.2, 0) is 4.79 Å². The predicted molar refractivity (Wildman–Crippen MR) is 126 cm³/mol. The van der Waals surface area contributed by atoms with Gasteiger partial charge < -0.3 is 14.0 Å². The molecule has 2 aromatic carbocycles. The average Bonchev–Trinajstić information content (AvgIpc) is 3.23. The van der Waals surface area contributed by atoms with Crippen molar-refractivity contribution in [1.29, 1.82) is 0 Å². The lowest BCUT2D eigenvalue weighted by atomic mass is 10.2. The molecule has 1 aliphatic heterocycles. The third kappa shape index (κ3) is 4.43. The van der Waals surface area contributed by atoms with Crippen molar-refractivity contribution in [3.8, 4) is 17.2 Å². The van der Waals surface area contributed by atoms with E-state index in [4.69, 9.17) is 9.47 Å². The van der Waals surface area contributed by atoms with Crippen molar-refractivity contribution in [2.75, 3.05) is 20.3 Å². The zero-order chi connectivity index (χ0) is 22.7. The highest BCUT2D eigenvalue weighted by molar-refractivity contribution is 8.18. The molecule has 0 atom stereocenters. The lowest BCUT2D eigenvalue weighted by molar-refractivity contribution is -0.123. The summed E-state index contributed by atoms with van der Waals surface area (Å²) in [5.74, 6) is 1.22. The Morgan fingerprint density at radius 2 is 1.69 bits per heavy atom. The number of carbonyl (C=O) groups is 2. The Morgan fingerprint density at radius 1 is 0.969 bits per heavy atom. The first-order chi connectivity index (χ1) is 15.5. The fourth-order valence-electron chi connectivity index (χ4n) is 3.67. The third-order valence-corrected chi connectivity index (χ3v) is 6.20. The van der Waals surface area contributed by atoms with Crippen LogP contribution in [0, 0.1) is 13.8 Å². The standard InChI is InChI=1S/C25H24N2O4S/c1-17-15-19(18(2)27(17)20-9-11-21(30-3)12-10-20)16-23-24(28)26(25(29)32-23)13-14-31-22-7-5-4-6-8-22/h4-12,15-16H,13-14H2,1-3H3/b23-16-. The molecule has 7 heteroatoms. The Morgan fingerprint density at radius 3 is 2.38 bits per heavy atom. The topological polar surface area (TPSA) is 60.8 Å². The third-order valence-electron chi connectivity index (χ3n) is 5.29. The first-order valence-corrected chi connectivity index (χ1v) is 11.1. The highest BCUT2D eigenvalue weighted by Crippen LogP contribution is 2.33. The first-order valence-electron chi connectivity index (χ1n) is 10.2. The normalized spacial score (nSPS) is 15.0. The van der Waals surface area contributed by atoms with Crippen molar-refractivity contribution >= 4 is 29.0 Å². The van der Waals surface area contributed by atoms with E-state index >= 15 is 0 Å². The summed E-state index contributed by atoms with van der Waals surface area (Å²) >= 11 is 0.965. The molecule has 0 saturated carbocycles. The second-order valence-electron chi connectivity index (χ2n) is 7.35. The molecule has 0 bridgehead atoms. The molecule has 6 nitrogen and oxygen atoms in total. The van der Waals surface area contributed by atoms with Gasteiger partial charge >= 0.3 is 0 Å². The smallest absolute Gasteiger partial charge is 0.293 e. The number of benzene rings is 2. The molecule has 0 unspecified atom stereocenters. The Bertz CT molecular complexity index is 1170. The number of rotatable bonds is 7. The van der Waals surface area contributed by atoms with Gasteiger partial charge in [-0.05, 0) is 79.7 Å². The molecule has 0 N–H and O–H groups in total. The van der Waals surface area contributed by atoms with Crippen LogP contribution in [-0.4, -0.2) is 40.9 Å². The van der Waals surface area contributed by atoms with Crippen LogP contribution in [0.5, 0.6) is 11.5 Å². The molecule has 1 aliphatic rings. The molecule has 2 amide bonds. The minimum Gasteiger partial charge on any atom is -0.497 e. The largest absolute Gasteiger partial charge is 0.497 e. The number of aryl methyl sites for hydroxylation is 1. The number of hydrogen-bond donors (Lipinski definition) is 0. The first kappa shape index (κ1) is 21.8. The number of para-hydroxylation sites is 1. The van der Waals surface area contributed by atoms with Crippen molar-refractivity contribution in [2.45, 2.75) is 13.8 Å². The Balaban J connectivity index is 1.50. The monoisotopic (exact) mass is 448 g/mol. The predicted octanol–water partition coefficient (Wildman–Crippen LogP) is 5.22. The average molecular weight is 449 g/mol. The van der Waals surface area contributed by atoms with E-state index in [0.717, 1.165) is 40.2 Å². The van der Waals surface area contributed by atoms with Crippen LogP contribution < -0.4 is 9.47 Å². The van der Waals surface area contributed by atoms with Gasteiger partial charge in [-0.15, -0.1) is 0 Å². The van der Waals surface area contributed by atoms with E-state index in [-0.39, 0.29) is 24.3 Å². The summed E-state index contributed by atoms with van der Waals surface area (Å²) < 4.78 is 13.0. The number of thioether (sulfide) groups is 1. The van der Waals surface area contributed by atoms with Crippen molar-refractivity contribution in [2.24, 2.45) is 0 Å². The number of carbonyl (C=O) groups excluding carboxylic acids is 2. The van der Waals surface area contributed by atoms with Gasteiger partial charge in [0.15, 0.2) is 0 Å². The number of nitrogens with zero attached hydrogens (tertiary/aromatic N) is 2. The molecule has 3 aromatic rings. The highest BCUT2D eigenvalue weighted by Gasteiger charge is 2.35. The van der Waals surface area contributed by atoms with Gasteiger partial charge in [0.05, 0.1) is 18.6 Å². The molecule has 0 aliphatic carbocycles. The van der Waals surface area contributed by atoms with Gasteiger partial charge in [0.2, 0.25) is 0 Å². The van der Waals surface area contributed by atoms with Crippen LogP contribution in [0.2, 0.25) is 0 Å². The molecule has 1 fully saturated rings. The van der Waals surface area contributed by atoms with Gasteiger partial charge in [-0.25, -0.2) is 0 Å². The quantitative estimate of drug-likeness (QED) is 0.464. The Hall–Kier alpha value is -3.45. The molecule has 1 saturated heterocycles. The van der Waals surface area contributed by atoms with Gasteiger partial charge in [0.25, 0.3) is 11.1 Å². The summed E-state index contributed by atoms with van der Waals surface area (Å²) in [6, 6.07) is 19.2. The van der Waals surface area contributed by atoms with E-state index in [2.05, 4.69) is 4.57 Å². The van der Waals surface area contributed by atoms with Crippen LogP contribution in [0.3, 0.4) is 0 Å². The van der Waals surface area contributed by atoms with Crippen molar-refractivity contribution < 1.29 is 19.1 Å². The second-order valence-corrected chi connectivity index (χ2v) is 8.35. The molecule has 0 spiro atoms.